The summed E-state index contributed by atoms with van der Waals surface area (Å²) in [7, 11) is 0. The van der Waals surface area contributed by atoms with E-state index in [1.807, 2.05) is 4.90 Å². The molecule has 0 spiro atoms. The van der Waals surface area contributed by atoms with Gasteiger partial charge in [-0.05, 0) is 36.3 Å². The summed E-state index contributed by atoms with van der Waals surface area (Å²) in [5.41, 5.74) is 2.47. The Kier molecular flexibility index (Phi) is 4.40. The van der Waals surface area contributed by atoms with E-state index in [1.165, 1.54) is 12.0 Å². The van der Waals surface area contributed by atoms with Gasteiger partial charge in [-0.15, -0.1) is 0 Å². The van der Waals surface area contributed by atoms with Crippen LogP contribution in [-0.4, -0.2) is 23.9 Å². The minimum Gasteiger partial charge on any atom is -0.342 e. The second kappa shape index (κ2) is 6.03. The molecule has 1 aromatic carbocycles. The predicted molar refractivity (Wildman–Crippen MR) is 74.7 cm³/mol. The lowest BCUT2D eigenvalue weighted by molar-refractivity contribution is -0.131. The van der Waals surface area contributed by atoms with E-state index in [0.29, 0.717) is 12.3 Å². The number of piperidine rings is 1. The van der Waals surface area contributed by atoms with E-state index in [1.54, 1.807) is 0 Å². The van der Waals surface area contributed by atoms with Gasteiger partial charge in [0.15, 0.2) is 0 Å². The molecule has 0 aromatic heterocycles. The van der Waals surface area contributed by atoms with Crippen molar-refractivity contribution in [2.75, 3.05) is 13.1 Å². The maximum atomic E-state index is 12.2. The van der Waals surface area contributed by atoms with Crippen LogP contribution in [0.5, 0.6) is 0 Å². The van der Waals surface area contributed by atoms with E-state index in [4.69, 9.17) is 0 Å². The number of likely N-dealkylation sites (tertiary alicyclic amines) is 1. The van der Waals surface area contributed by atoms with Gasteiger partial charge in [-0.1, -0.05) is 38.1 Å². The van der Waals surface area contributed by atoms with Crippen molar-refractivity contribution >= 4 is 5.91 Å². The first-order chi connectivity index (χ1) is 8.66. The molecule has 18 heavy (non-hydrogen) atoms. The average Bonchev–Trinajstić information content (AvgIpc) is 2.40. The van der Waals surface area contributed by atoms with Gasteiger partial charge >= 0.3 is 0 Å². The maximum Gasteiger partial charge on any atom is 0.226 e. The number of rotatable bonds is 3. The van der Waals surface area contributed by atoms with Gasteiger partial charge < -0.3 is 4.90 Å². The van der Waals surface area contributed by atoms with Crippen LogP contribution in [0, 0.1) is 0 Å². The summed E-state index contributed by atoms with van der Waals surface area (Å²) in [5.74, 6) is 0.811. The molecule has 0 saturated carbocycles. The van der Waals surface area contributed by atoms with Crippen molar-refractivity contribution < 1.29 is 4.79 Å². The van der Waals surface area contributed by atoms with Crippen LogP contribution >= 0.6 is 0 Å². The van der Waals surface area contributed by atoms with Crippen LogP contribution < -0.4 is 0 Å². The number of nitrogens with zero attached hydrogens (tertiary/aromatic N) is 1. The number of hydrogen-bond donors (Lipinski definition) is 0. The summed E-state index contributed by atoms with van der Waals surface area (Å²) in [6, 6.07) is 8.44. The highest BCUT2D eigenvalue weighted by molar-refractivity contribution is 5.78. The Morgan fingerprint density at radius 2 is 1.94 bits per heavy atom. The molecule has 1 aliphatic rings. The SMILES string of the molecule is CC(C)c1cccc(CC(=O)N2CCCCC2)c1. The van der Waals surface area contributed by atoms with Crippen LogP contribution in [0.2, 0.25) is 0 Å². The second-order valence-electron chi connectivity index (χ2n) is 5.52. The van der Waals surface area contributed by atoms with Crippen LogP contribution in [0.4, 0.5) is 0 Å². The standard InChI is InChI=1S/C16H23NO/c1-13(2)15-8-6-7-14(11-15)12-16(18)17-9-4-3-5-10-17/h6-8,11,13H,3-5,9-10,12H2,1-2H3. The molecule has 0 unspecified atom stereocenters. The molecule has 98 valence electrons. The highest BCUT2D eigenvalue weighted by Gasteiger charge is 2.16. The summed E-state index contributed by atoms with van der Waals surface area (Å²) in [6.07, 6.45) is 4.16. The normalized spacial score (nSPS) is 16.1. The van der Waals surface area contributed by atoms with E-state index in [0.717, 1.165) is 31.5 Å². The first kappa shape index (κ1) is 13.1. The molecule has 2 nitrogen and oxygen atoms in total. The topological polar surface area (TPSA) is 20.3 Å². The minimum absolute atomic E-state index is 0.288. The summed E-state index contributed by atoms with van der Waals surface area (Å²) in [5, 5.41) is 0. The average molecular weight is 245 g/mol. The van der Waals surface area contributed by atoms with E-state index < -0.39 is 0 Å². The lowest BCUT2D eigenvalue weighted by atomic mass is 9.99. The van der Waals surface area contributed by atoms with Crippen molar-refractivity contribution in [2.24, 2.45) is 0 Å². The Bertz CT molecular complexity index is 405. The lowest BCUT2D eigenvalue weighted by Gasteiger charge is -2.26. The smallest absolute Gasteiger partial charge is 0.226 e. The minimum atomic E-state index is 0.288. The molecule has 0 radical (unpaired) electrons. The van der Waals surface area contributed by atoms with Crippen molar-refractivity contribution in [3.63, 3.8) is 0 Å². The first-order valence-electron chi connectivity index (χ1n) is 7.03. The molecule has 0 N–H and O–H groups in total. The molecule has 0 atom stereocenters. The third-order valence-corrected chi connectivity index (χ3v) is 3.68. The monoisotopic (exact) mass is 245 g/mol. The second-order valence-corrected chi connectivity index (χ2v) is 5.52. The molecule has 2 rings (SSSR count). The van der Waals surface area contributed by atoms with Crippen molar-refractivity contribution in [1.82, 2.24) is 4.90 Å². The van der Waals surface area contributed by atoms with Crippen molar-refractivity contribution in [3.8, 4) is 0 Å². The Hall–Kier alpha value is -1.31. The van der Waals surface area contributed by atoms with E-state index in [9.17, 15) is 4.79 Å². The maximum absolute atomic E-state index is 12.2. The van der Waals surface area contributed by atoms with Crippen molar-refractivity contribution in [2.45, 2.75) is 45.4 Å². The fourth-order valence-corrected chi connectivity index (χ4v) is 2.49. The van der Waals surface area contributed by atoms with Crippen LogP contribution in [0.1, 0.15) is 50.2 Å². The zero-order chi connectivity index (χ0) is 13.0. The summed E-state index contributed by atoms with van der Waals surface area (Å²) in [4.78, 5) is 14.2. The predicted octanol–water partition coefficient (Wildman–Crippen LogP) is 3.37. The lowest BCUT2D eigenvalue weighted by Crippen LogP contribution is -2.36. The van der Waals surface area contributed by atoms with Gasteiger partial charge in [-0.25, -0.2) is 0 Å². The summed E-state index contributed by atoms with van der Waals surface area (Å²) >= 11 is 0. The molecule has 1 fully saturated rings. The van der Waals surface area contributed by atoms with E-state index in [2.05, 4.69) is 38.1 Å². The Labute approximate surface area is 110 Å². The van der Waals surface area contributed by atoms with Gasteiger partial charge in [0.2, 0.25) is 5.91 Å². The fourth-order valence-electron chi connectivity index (χ4n) is 2.49. The molecule has 1 heterocycles. The molecule has 1 aliphatic heterocycles. The third-order valence-electron chi connectivity index (χ3n) is 3.68. The fraction of sp³-hybridized carbons (Fsp3) is 0.562. The Morgan fingerprint density at radius 3 is 2.61 bits per heavy atom. The van der Waals surface area contributed by atoms with Crippen LogP contribution in [0.15, 0.2) is 24.3 Å². The van der Waals surface area contributed by atoms with Gasteiger partial charge in [-0.3, -0.25) is 4.79 Å². The molecule has 0 bridgehead atoms. The van der Waals surface area contributed by atoms with Crippen molar-refractivity contribution in [3.05, 3.63) is 35.4 Å². The van der Waals surface area contributed by atoms with Gasteiger partial charge in [0, 0.05) is 13.1 Å². The number of carbonyl (C=O) groups is 1. The highest BCUT2D eigenvalue weighted by atomic mass is 16.2. The largest absolute Gasteiger partial charge is 0.342 e. The summed E-state index contributed by atoms with van der Waals surface area (Å²) in [6.45, 7) is 6.27. The molecule has 1 saturated heterocycles. The zero-order valence-electron chi connectivity index (χ0n) is 11.5. The molecule has 1 amide bonds. The molecule has 1 aromatic rings. The Morgan fingerprint density at radius 1 is 1.22 bits per heavy atom. The van der Waals surface area contributed by atoms with Gasteiger partial charge in [0.05, 0.1) is 6.42 Å². The number of benzene rings is 1. The molecule has 2 heteroatoms. The zero-order valence-corrected chi connectivity index (χ0v) is 11.5. The van der Waals surface area contributed by atoms with Gasteiger partial charge in [-0.2, -0.15) is 0 Å². The van der Waals surface area contributed by atoms with E-state index >= 15 is 0 Å². The molecular formula is C16H23NO. The van der Waals surface area contributed by atoms with Gasteiger partial charge in [0.25, 0.3) is 0 Å². The van der Waals surface area contributed by atoms with Crippen LogP contribution in [-0.2, 0) is 11.2 Å². The summed E-state index contributed by atoms with van der Waals surface area (Å²) < 4.78 is 0. The van der Waals surface area contributed by atoms with Crippen LogP contribution in [0.25, 0.3) is 0 Å². The molecule has 0 aliphatic carbocycles. The van der Waals surface area contributed by atoms with E-state index in [-0.39, 0.29) is 5.91 Å². The number of hydrogen-bond acceptors (Lipinski definition) is 1. The first-order valence-corrected chi connectivity index (χ1v) is 7.03. The van der Waals surface area contributed by atoms with Gasteiger partial charge in [0.1, 0.15) is 0 Å². The number of amides is 1. The van der Waals surface area contributed by atoms with Crippen molar-refractivity contribution in [1.29, 1.82) is 0 Å². The van der Waals surface area contributed by atoms with Crippen LogP contribution in [0.3, 0.4) is 0 Å². The quantitative estimate of drug-likeness (QED) is 0.799. The highest BCUT2D eigenvalue weighted by Crippen LogP contribution is 2.17. The number of carbonyl (C=O) groups excluding carboxylic acids is 1. The third kappa shape index (κ3) is 3.34. The molecular weight excluding hydrogens is 222 g/mol. The Balaban J connectivity index is 1.99.